The zero-order chi connectivity index (χ0) is 22.8. The number of allylic oxidation sites excluding steroid dienone is 2. The maximum Gasteiger partial charge on any atom is 0.246 e. The van der Waals surface area contributed by atoms with Crippen molar-refractivity contribution in [1.29, 1.82) is 5.26 Å². The second kappa shape index (κ2) is 9.11. The van der Waals surface area contributed by atoms with Gasteiger partial charge < -0.3 is 9.80 Å². The molecule has 32 heavy (non-hydrogen) atoms. The Morgan fingerprint density at radius 3 is 2.31 bits per heavy atom. The summed E-state index contributed by atoms with van der Waals surface area (Å²) in [6.07, 6.45) is 7.15. The van der Waals surface area contributed by atoms with Crippen LogP contribution >= 0.6 is 0 Å². The van der Waals surface area contributed by atoms with Crippen molar-refractivity contribution in [3.05, 3.63) is 36.0 Å². The van der Waals surface area contributed by atoms with Gasteiger partial charge in [-0.2, -0.15) is 5.26 Å². The van der Waals surface area contributed by atoms with Gasteiger partial charge in [-0.3, -0.25) is 19.3 Å². The van der Waals surface area contributed by atoms with Crippen LogP contribution in [0.15, 0.2) is 30.5 Å². The number of rotatable bonds is 5. The van der Waals surface area contributed by atoms with Crippen molar-refractivity contribution in [1.82, 2.24) is 14.8 Å². The maximum absolute atomic E-state index is 13.5. The fourth-order valence-corrected chi connectivity index (χ4v) is 4.92. The molecule has 3 aliphatic rings. The van der Waals surface area contributed by atoms with Gasteiger partial charge in [-0.1, -0.05) is 26.0 Å². The van der Waals surface area contributed by atoms with Gasteiger partial charge in [-0.15, -0.1) is 0 Å². The predicted octanol–water partition coefficient (Wildman–Crippen LogP) is 1.97. The highest BCUT2D eigenvalue weighted by molar-refractivity contribution is 6.08. The summed E-state index contributed by atoms with van der Waals surface area (Å²) >= 11 is 0. The molecular formula is C24H29N5O3. The summed E-state index contributed by atoms with van der Waals surface area (Å²) in [7, 11) is 0. The van der Waals surface area contributed by atoms with Gasteiger partial charge in [0, 0.05) is 32.4 Å². The topological polar surface area (TPSA) is 97.6 Å². The lowest BCUT2D eigenvalue weighted by Gasteiger charge is -2.38. The van der Waals surface area contributed by atoms with Crippen LogP contribution in [0.2, 0.25) is 0 Å². The Bertz CT molecular complexity index is 948. The Balaban J connectivity index is 1.48. The highest BCUT2D eigenvalue weighted by Gasteiger charge is 2.51. The Labute approximate surface area is 188 Å². The minimum absolute atomic E-state index is 0.148. The van der Waals surface area contributed by atoms with Crippen LogP contribution in [0.5, 0.6) is 0 Å². The number of fused-ring (bicyclic) bond motifs is 1. The molecule has 4 rings (SSSR count). The van der Waals surface area contributed by atoms with Crippen molar-refractivity contribution in [3.63, 3.8) is 0 Å². The van der Waals surface area contributed by atoms with Crippen LogP contribution in [0, 0.1) is 29.1 Å². The van der Waals surface area contributed by atoms with E-state index in [4.69, 9.17) is 5.26 Å². The van der Waals surface area contributed by atoms with E-state index in [1.54, 1.807) is 23.2 Å². The van der Waals surface area contributed by atoms with E-state index >= 15 is 0 Å². The minimum Gasteiger partial charge on any atom is -0.353 e. The molecule has 2 saturated heterocycles. The number of piperazine rings is 1. The lowest BCUT2D eigenvalue weighted by atomic mass is 9.85. The van der Waals surface area contributed by atoms with E-state index in [0.29, 0.717) is 51.0 Å². The normalized spacial score (nSPS) is 24.0. The Morgan fingerprint density at radius 2 is 1.75 bits per heavy atom. The van der Waals surface area contributed by atoms with E-state index in [2.05, 4.69) is 16.0 Å². The summed E-state index contributed by atoms with van der Waals surface area (Å²) < 4.78 is 0. The standard InChI is InChI=1S/C24H29N5O3/c1-16(2)13-20(29-22(30)18-5-3-4-6-19(18)23(29)31)24(32)28-11-9-27(10-12-28)21-14-17(15-25)7-8-26-21/h3-4,7-8,14,16,18-20H,5-6,9-13H2,1-2H3/t18-,19-,20+/m0/s1. The molecule has 168 valence electrons. The van der Waals surface area contributed by atoms with Crippen molar-refractivity contribution in [2.75, 3.05) is 31.1 Å². The average Bonchev–Trinajstić information content (AvgIpc) is 3.07. The van der Waals surface area contributed by atoms with Gasteiger partial charge in [0.05, 0.1) is 23.5 Å². The highest BCUT2D eigenvalue weighted by Crippen LogP contribution is 2.37. The number of hydrogen-bond acceptors (Lipinski definition) is 6. The molecule has 0 saturated carbocycles. The molecule has 1 aliphatic carbocycles. The third-order valence-corrected chi connectivity index (χ3v) is 6.62. The van der Waals surface area contributed by atoms with Crippen molar-refractivity contribution >= 4 is 23.5 Å². The molecule has 0 N–H and O–H groups in total. The third kappa shape index (κ3) is 4.12. The summed E-state index contributed by atoms with van der Waals surface area (Å²) in [6.45, 7) is 6.14. The zero-order valence-electron chi connectivity index (χ0n) is 18.6. The van der Waals surface area contributed by atoms with Crippen molar-refractivity contribution < 1.29 is 14.4 Å². The summed E-state index contributed by atoms with van der Waals surface area (Å²) in [5.41, 5.74) is 0.549. The number of likely N-dealkylation sites (tertiary alicyclic amines) is 1. The highest BCUT2D eigenvalue weighted by atomic mass is 16.2. The number of carbonyl (C=O) groups is 3. The van der Waals surface area contributed by atoms with Crippen LogP contribution in [0.25, 0.3) is 0 Å². The number of amides is 3. The summed E-state index contributed by atoms with van der Waals surface area (Å²) in [5, 5.41) is 9.12. The third-order valence-electron chi connectivity index (χ3n) is 6.62. The fraction of sp³-hybridized carbons (Fsp3) is 0.542. The molecule has 2 aliphatic heterocycles. The quantitative estimate of drug-likeness (QED) is 0.518. The fourth-order valence-electron chi connectivity index (χ4n) is 4.92. The van der Waals surface area contributed by atoms with Crippen molar-refractivity contribution in [2.24, 2.45) is 17.8 Å². The first-order valence-electron chi connectivity index (χ1n) is 11.3. The van der Waals surface area contributed by atoms with Crippen LogP contribution in [-0.4, -0.2) is 64.7 Å². The molecule has 3 amide bonds. The van der Waals surface area contributed by atoms with Crippen LogP contribution in [0.1, 0.15) is 38.7 Å². The largest absolute Gasteiger partial charge is 0.353 e. The number of aromatic nitrogens is 1. The van der Waals surface area contributed by atoms with Gasteiger partial charge in [-0.25, -0.2) is 4.98 Å². The summed E-state index contributed by atoms with van der Waals surface area (Å²) in [4.78, 5) is 49.2. The molecule has 0 bridgehead atoms. The number of imide groups is 1. The summed E-state index contributed by atoms with van der Waals surface area (Å²) in [5.74, 6) is -0.305. The average molecular weight is 436 g/mol. The first-order valence-corrected chi connectivity index (χ1v) is 11.3. The van der Waals surface area contributed by atoms with E-state index in [0.717, 1.165) is 5.82 Å². The van der Waals surface area contributed by atoms with E-state index in [-0.39, 0.29) is 35.5 Å². The number of pyridine rings is 1. The molecule has 0 radical (unpaired) electrons. The van der Waals surface area contributed by atoms with E-state index in [9.17, 15) is 14.4 Å². The lowest BCUT2D eigenvalue weighted by Crippen LogP contribution is -2.56. The Kier molecular flexibility index (Phi) is 6.26. The van der Waals surface area contributed by atoms with Crippen molar-refractivity contribution in [3.8, 4) is 6.07 Å². The molecule has 8 nitrogen and oxygen atoms in total. The minimum atomic E-state index is -0.743. The van der Waals surface area contributed by atoms with Gasteiger partial charge in [0.15, 0.2) is 0 Å². The van der Waals surface area contributed by atoms with Gasteiger partial charge >= 0.3 is 0 Å². The number of hydrogen-bond donors (Lipinski definition) is 0. The monoisotopic (exact) mass is 435 g/mol. The van der Waals surface area contributed by atoms with Gasteiger partial charge in [0.1, 0.15) is 11.9 Å². The number of nitrogens with zero attached hydrogens (tertiary/aromatic N) is 5. The molecular weight excluding hydrogens is 406 g/mol. The van der Waals surface area contributed by atoms with Crippen LogP contribution in [0.3, 0.4) is 0 Å². The van der Waals surface area contributed by atoms with Crippen molar-refractivity contribution in [2.45, 2.75) is 39.2 Å². The number of nitriles is 1. The number of carbonyl (C=O) groups excluding carboxylic acids is 3. The molecule has 0 unspecified atom stereocenters. The Morgan fingerprint density at radius 1 is 1.12 bits per heavy atom. The predicted molar refractivity (Wildman–Crippen MR) is 118 cm³/mol. The van der Waals surface area contributed by atoms with Crippen LogP contribution in [-0.2, 0) is 14.4 Å². The first-order chi connectivity index (χ1) is 15.4. The SMILES string of the molecule is CC(C)C[C@H](C(=O)N1CCN(c2cc(C#N)ccn2)CC1)N1C(=O)[C@H]2CC=CC[C@@H]2C1=O. The van der Waals surface area contributed by atoms with Crippen LogP contribution < -0.4 is 4.90 Å². The zero-order valence-corrected chi connectivity index (χ0v) is 18.6. The smallest absolute Gasteiger partial charge is 0.246 e. The van der Waals surface area contributed by atoms with Gasteiger partial charge in [0.25, 0.3) is 0 Å². The molecule has 0 aromatic carbocycles. The second-order valence-electron chi connectivity index (χ2n) is 9.17. The summed E-state index contributed by atoms with van der Waals surface area (Å²) in [6, 6.07) is 4.79. The molecule has 3 atom stereocenters. The Hall–Kier alpha value is -3.21. The molecule has 2 fully saturated rings. The molecule has 3 heterocycles. The van der Waals surface area contributed by atoms with E-state index < -0.39 is 6.04 Å². The van der Waals surface area contributed by atoms with Crippen LogP contribution in [0.4, 0.5) is 5.82 Å². The second-order valence-corrected chi connectivity index (χ2v) is 9.17. The number of anilines is 1. The van der Waals surface area contributed by atoms with Gasteiger partial charge in [-0.05, 0) is 37.3 Å². The van der Waals surface area contributed by atoms with E-state index in [1.165, 1.54) is 4.90 Å². The van der Waals surface area contributed by atoms with E-state index in [1.807, 2.05) is 26.0 Å². The molecule has 1 aromatic rings. The molecule has 1 aromatic heterocycles. The maximum atomic E-state index is 13.5. The lowest BCUT2D eigenvalue weighted by molar-refractivity contribution is -0.152. The molecule has 0 spiro atoms. The molecule has 8 heteroatoms. The first kappa shape index (κ1) is 22.0. The van der Waals surface area contributed by atoms with Gasteiger partial charge in [0.2, 0.25) is 17.7 Å².